The fourth-order valence-corrected chi connectivity index (χ4v) is 5.00. The number of aryl methyl sites for hydroxylation is 3. The number of likely N-dealkylation sites (tertiary alicyclic amines) is 2. The van der Waals surface area contributed by atoms with Gasteiger partial charge in [-0.15, -0.1) is 0 Å². The van der Waals surface area contributed by atoms with Crippen molar-refractivity contribution >= 4 is 11.8 Å². The predicted molar refractivity (Wildman–Crippen MR) is 118 cm³/mol. The first kappa shape index (κ1) is 20.4. The van der Waals surface area contributed by atoms with Crippen LogP contribution in [0.5, 0.6) is 0 Å². The third kappa shape index (κ3) is 3.28. The molecule has 3 aromatic rings. The van der Waals surface area contributed by atoms with Crippen molar-refractivity contribution in [2.24, 2.45) is 5.92 Å². The van der Waals surface area contributed by atoms with Crippen LogP contribution in [0.25, 0.3) is 0 Å². The highest BCUT2D eigenvalue weighted by atomic mass is 16.5. The fraction of sp³-hybridized carbons (Fsp3) is 0.360. The number of aromatic nitrogens is 2. The van der Waals surface area contributed by atoms with Crippen LogP contribution >= 0.6 is 0 Å². The van der Waals surface area contributed by atoms with Gasteiger partial charge in [0.2, 0.25) is 5.89 Å². The van der Waals surface area contributed by atoms with Crippen LogP contribution in [0.2, 0.25) is 0 Å². The topological polar surface area (TPSA) is 79.5 Å². The molecule has 2 saturated heterocycles. The van der Waals surface area contributed by atoms with Gasteiger partial charge in [-0.3, -0.25) is 9.59 Å². The predicted octanol–water partition coefficient (Wildman–Crippen LogP) is 3.16. The summed E-state index contributed by atoms with van der Waals surface area (Å²) in [5, 5.41) is 4.00. The quantitative estimate of drug-likeness (QED) is 0.638. The van der Waals surface area contributed by atoms with Crippen molar-refractivity contribution in [2.75, 3.05) is 26.2 Å². The van der Waals surface area contributed by atoms with Crippen LogP contribution in [0.3, 0.4) is 0 Å². The normalized spacial score (nSPS) is 22.3. The highest BCUT2D eigenvalue weighted by molar-refractivity contribution is 5.96. The molecular formula is C25H26N4O3. The second-order valence-corrected chi connectivity index (χ2v) is 9.04. The number of rotatable bonds is 3. The molecule has 0 aliphatic carbocycles. The Kier molecular flexibility index (Phi) is 4.84. The van der Waals surface area contributed by atoms with Crippen LogP contribution in [0.15, 0.2) is 53.1 Å². The summed E-state index contributed by atoms with van der Waals surface area (Å²) in [6, 6.07) is 15.1. The van der Waals surface area contributed by atoms with E-state index in [1.807, 2.05) is 72.2 Å². The molecule has 2 aliphatic rings. The molecule has 2 amide bonds. The van der Waals surface area contributed by atoms with Gasteiger partial charge in [0, 0.05) is 43.2 Å². The number of nitrogens with zero attached hydrogens (tertiary/aromatic N) is 4. The van der Waals surface area contributed by atoms with Crippen molar-refractivity contribution in [2.45, 2.75) is 26.2 Å². The van der Waals surface area contributed by atoms with E-state index in [1.165, 1.54) is 0 Å². The van der Waals surface area contributed by atoms with Gasteiger partial charge in [-0.2, -0.15) is 4.98 Å². The summed E-state index contributed by atoms with van der Waals surface area (Å²) in [4.78, 5) is 34.7. The number of benzene rings is 2. The molecule has 32 heavy (non-hydrogen) atoms. The molecule has 1 aromatic heterocycles. The Morgan fingerprint density at radius 1 is 0.906 bits per heavy atom. The summed E-state index contributed by atoms with van der Waals surface area (Å²) in [6.07, 6.45) is 0. The highest BCUT2D eigenvalue weighted by Gasteiger charge is 2.58. The number of carbonyl (C=O) groups is 2. The lowest BCUT2D eigenvalue weighted by Gasteiger charge is -2.26. The molecule has 0 unspecified atom stereocenters. The summed E-state index contributed by atoms with van der Waals surface area (Å²) < 4.78 is 5.62. The van der Waals surface area contributed by atoms with Crippen LogP contribution in [0.4, 0.5) is 0 Å². The van der Waals surface area contributed by atoms with Crippen LogP contribution in [-0.4, -0.2) is 57.9 Å². The second kappa shape index (κ2) is 7.58. The molecular weight excluding hydrogens is 404 g/mol. The molecule has 2 aromatic carbocycles. The summed E-state index contributed by atoms with van der Waals surface area (Å²) in [5.74, 6) is 1.09. The maximum absolute atomic E-state index is 13.3. The lowest BCUT2D eigenvalue weighted by Crippen LogP contribution is -2.41. The van der Waals surface area contributed by atoms with E-state index in [4.69, 9.17) is 4.52 Å². The van der Waals surface area contributed by atoms with Crippen LogP contribution < -0.4 is 0 Å². The van der Waals surface area contributed by atoms with E-state index in [-0.39, 0.29) is 17.7 Å². The van der Waals surface area contributed by atoms with Crippen molar-refractivity contribution in [1.29, 1.82) is 0 Å². The molecule has 0 N–H and O–H groups in total. The first-order valence-electron chi connectivity index (χ1n) is 10.9. The van der Waals surface area contributed by atoms with Crippen molar-refractivity contribution in [3.8, 4) is 0 Å². The summed E-state index contributed by atoms with van der Waals surface area (Å²) in [6.45, 7) is 7.83. The average molecular weight is 431 g/mol. The highest BCUT2D eigenvalue weighted by Crippen LogP contribution is 2.45. The van der Waals surface area contributed by atoms with E-state index in [2.05, 4.69) is 10.1 Å². The summed E-state index contributed by atoms with van der Waals surface area (Å²) in [7, 11) is 0. The Labute approximate surface area is 187 Å². The first-order chi connectivity index (χ1) is 15.4. The van der Waals surface area contributed by atoms with Crippen LogP contribution in [0, 0.1) is 26.7 Å². The van der Waals surface area contributed by atoms with E-state index < -0.39 is 5.41 Å². The number of carbonyl (C=O) groups excluding carboxylic acids is 2. The molecule has 0 saturated carbocycles. The minimum atomic E-state index is -0.554. The lowest BCUT2D eigenvalue weighted by molar-refractivity contribution is 0.0727. The monoisotopic (exact) mass is 430 g/mol. The Morgan fingerprint density at radius 2 is 1.56 bits per heavy atom. The van der Waals surface area contributed by atoms with Gasteiger partial charge in [0.15, 0.2) is 5.82 Å². The van der Waals surface area contributed by atoms with Gasteiger partial charge in [0.25, 0.3) is 11.8 Å². The third-order valence-electron chi connectivity index (χ3n) is 6.91. The van der Waals surface area contributed by atoms with Crippen molar-refractivity contribution in [3.63, 3.8) is 0 Å². The zero-order chi connectivity index (χ0) is 22.5. The minimum absolute atomic E-state index is 0.000881. The molecule has 2 atom stereocenters. The maximum Gasteiger partial charge on any atom is 0.253 e. The Morgan fingerprint density at radius 3 is 2.16 bits per heavy atom. The zero-order valence-corrected chi connectivity index (χ0v) is 18.5. The molecule has 7 nitrogen and oxygen atoms in total. The SMILES string of the molecule is Cc1noc([C@@]23CN(C(=O)c4ccccc4)C[C@@H]2CN(C(=O)c2ccc(C)c(C)c2)C3)n1. The average Bonchev–Trinajstić information content (AvgIpc) is 3.48. The van der Waals surface area contributed by atoms with Crippen molar-refractivity contribution < 1.29 is 14.1 Å². The van der Waals surface area contributed by atoms with Crippen LogP contribution in [0.1, 0.15) is 43.6 Å². The van der Waals surface area contributed by atoms with Gasteiger partial charge in [-0.05, 0) is 56.2 Å². The lowest BCUT2D eigenvalue weighted by atomic mass is 9.81. The largest absolute Gasteiger partial charge is 0.339 e. The van der Waals surface area contributed by atoms with E-state index in [0.29, 0.717) is 49.0 Å². The molecule has 0 radical (unpaired) electrons. The molecule has 0 spiro atoms. The minimum Gasteiger partial charge on any atom is -0.339 e. The zero-order valence-electron chi connectivity index (χ0n) is 18.5. The third-order valence-corrected chi connectivity index (χ3v) is 6.91. The van der Waals surface area contributed by atoms with E-state index in [9.17, 15) is 9.59 Å². The molecule has 0 bridgehead atoms. The maximum atomic E-state index is 13.3. The van der Waals surface area contributed by atoms with Gasteiger partial charge in [0.1, 0.15) is 0 Å². The molecule has 7 heteroatoms. The standard InChI is InChI=1S/C25H26N4O3/c1-16-9-10-20(11-17(16)2)23(31)29-13-21-12-28(22(30)19-7-5-4-6-8-19)14-25(21,15-29)24-26-18(3)27-32-24/h4-11,21H,12-15H2,1-3H3/t21-,25-/m1/s1. The summed E-state index contributed by atoms with van der Waals surface area (Å²) in [5.41, 5.74) is 3.04. The smallest absolute Gasteiger partial charge is 0.253 e. The molecule has 3 heterocycles. The van der Waals surface area contributed by atoms with Gasteiger partial charge in [-0.1, -0.05) is 29.4 Å². The Balaban J connectivity index is 1.45. The molecule has 2 fully saturated rings. The van der Waals surface area contributed by atoms with E-state index in [1.54, 1.807) is 6.92 Å². The number of fused-ring (bicyclic) bond motifs is 1. The fourth-order valence-electron chi connectivity index (χ4n) is 5.00. The van der Waals surface area contributed by atoms with E-state index >= 15 is 0 Å². The van der Waals surface area contributed by atoms with Gasteiger partial charge >= 0.3 is 0 Å². The van der Waals surface area contributed by atoms with Gasteiger partial charge in [0.05, 0.1) is 5.41 Å². The molecule has 5 rings (SSSR count). The van der Waals surface area contributed by atoms with Gasteiger partial charge in [-0.25, -0.2) is 0 Å². The van der Waals surface area contributed by atoms with Crippen molar-refractivity contribution in [3.05, 3.63) is 82.5 Å². The Hall–Kier alpha value is -3.48. The number of amides is 2. The van der Waals surface area contributed by atoms with Gasteiger partial charge < -0.3 is 14.3 Å². The first-order valence-corrected chi connectivity index (χ1v) is 10.9. The second-order valence-electron chi connectivity index (χ2n) is 9.04. The van der Waals surface area contributed by atoms with E-state index in [0.717, 1.165) is 11.1 Å². The molecule has 2 aliphatic heterocycles. The summed E-state index contributed by atoms with van der Waals surface area (Å²) >= 11 is 0. The van der Waals surface area contributed by atoms with Crippen molar-refractivity contribution in [1.82, 2.24) is 19.9 Å². The Bertz CT molecular complexity index is 1190. The molecule has 164 valence electrons. The number of hydrogen-bond donors (Lipinski definition) is 0. The van der Waals surface area contributed by atoms with Crippen LogP contribution in [-0.2, 0) is 5.41 Å². The number of hydrogen-bond acceptors (Lipinski definition) is 5.